The topological polar surface area (TPSA) is 59.3 Å². The molecule has 0 unspecified atom stereocenters. The number of carbonyl (C=O) groups excluding carboxylic acids is 1. The second-order valence-corrected chi connectivity index (χ2v) is 6.65. The first-order valence-electron chi connectivity index (χ1n) is 6.84. The molecule has 0 radical (unpaired) electrons. The summed E-state index contributed by atoms with van der Waals surface area (Å²) in [6.45, 7) is 4.04. The van der Waals surface area contributed by atoms with Crippen molar-refractivity contribution in [1.29, 1.82) is 0 Å². The van der Waals surface area contributed by atoms with E-state index in [2.05, 4.69) is 22.2 Å². The maximum Gasteiger partial charge on any atom is 0.271 e. The van der Waals surface area contributed by atoms with Crippen molar-refractivity contribution in [3.05, 3.63) is 39.5 Å². The van der Waals surface area contributed by atoms with Gasteiger partial charge in [-0.3, -0.25) is 9.20 Å². The number of hydrogen-bond donors (Lipinski definition) is 1. The summed E-state index contributed by atoms with van der Waals surface area (Å²) in [6, 6.07) is -0.138. The average molecular weight is 320 g/mol. The number of nitrogens with zero attached hydrogens (tertiary/aromatic N) is 3. The van der Waals surface area contributed by atoms with Crippen molar-refractivity contribution >= 4 is 33.5 Å². The third-order valence-corrected chi connectivity index (χ3v) is 4.83. The van der Waals surface area contributed by atoms with Crippen LogP contribution in [0.1, 0.15) is 47.5 Å². The molecule has 3 rings (SSSR count). The minimum Gasteiger partial charge on any atom is -0.343 e. The smallest absolute Gasteiger partial charge is 0.271 e. The third kappa shape index (κ3) is 2.98. The summed E-state index contributed by atoms with van der Waals surface area (Å²) in [5, 5.41) is 7.77. The SMILES string of the molecule is CCCc1nc(C(=O)N[C@H](C)c2cn3ccsc3n2)cs1. The minimum atomic E-state index is -0.141. The van der Waals surface area contributed by atoms with Crippen molar-refractivity contribution < 1.29 is 4.79 Å². The minimum absolute atomic E-state index is 0.138. The number of hydrogen-bond acceptors (Lipinski definition) is 5. The molecular weight excluding hydrogens is 304 g/mol. The Morgan fingerprint density at radius 1 is 1.43 bits per heavy atom. The Balaban J connectivity index is 1.69. The van der Waals surface area contributed by atoms with E-state index in [9.17, 15) is 4.79 Å². The summed E-state index contributed by atoms with van der Waals surface area (Å²) in [4.78, 5) is 22.0. The summed E-state index contributed by atoms with van der Waals surface area (Å²) < 4.78 is 1.96. The van der Waals surface area contributed by atoms with E-state index in [1.807, 2.05) is 34.5 Å². The van der Waals surface area contributed by atoms with Crippen LogP contribution in [0.4, 0.5) is 0 Å². The summed E-state index contributed by atoms with van der Waals surface area (Å²) in [5.41, 5.74) is 1.36. The highest BCUT2D eigenvalue weighted by Gasteiger charge is 2.16. The number of aryl methyl sites for hydroxylation is 1. The molecule has 0 aliphatic rings. The van der Waals surface area contributed by atoms with E-state index in [1.54, 1.807) is 22.7 Å². The molecule has 0 spiro atoms. The summed E-state index contributed by atoms with van der Waals surface area (Å²) >= 11 is 3.12. The molecule has 0 saturated carbocycles. The van der Waals surface area contributed by atoms with Crippen LogP contribution in [0, 0.1) is 0 Å². The lowest BCUT2D eigenvalue weighted by Crippen LogP contribution is -2.27. The maximum absolute atomic E-state index is 12.2. The average Bonchev–Trinajstić information content (AvgIpc) is 3.13. The molecule has 0 fully saturated rings. The van der Waals surface area contributed by atoms with Gasteiger partial charge in [0.25, 0.3) is 5.91 Å². The quantitative estimate of drug-likeness (QED) is 0.784. The molecule has 0 saturated heterocycles. The Kier molecular flexibility index (Phi) is 4.03. The van der Waals surface area contributed by atoms with E-state index < -0.39 is 0 Å². The van der Waals surface area contributed by atoms with Crippen LogP contribution < -0.4 is 5.32 Å². The van der Waals surface area contributed by atoms with Crippen LogP contribution in [0.25, 0.3) is 4.96 Å². The van der Waals surface area contributed by atoms with Gasteiger partial charge in [0, 0.05) is 23.2 Å². The Hall–Kier alpha value is -1.73. The molecule has 5 nitrogen and oxygen atoms in total. The van der Waals surface area contributed by atoms with Crippen LogP contribution in [-0.4, -0.2) is 20.3 Å². The molecule has 3 aromatic rings. The molecule has 110 valence electrons. The van der Waals surface area contributed by atoms with Gasteiger partial charge in [-0.2, -0.15) is 0 Å². The van der Waals surface area contributed by atoms with E-state index in [-0.39, 0.29) is 11.9 Å². The number of imidazole rings is 1. The predicted molar refractivity (Wildman–Crippen MR) is 85.1 cm³/mol. The van der Waals surface area contributed by atoms with E-state index in [0.717, 1.165) is 28.5 Å². The molecule has 3 aromatic heterocycles. The first-order valence-corrected chi connectivity index (χ1v) is 8.60. The van der Waals surface area contributed by atoms with E-state index >= 15 is 0 Å². The van der Waals surface area contributed by atoms with Gasteiger partial charge in [-0.15, -0.1) is 22.7 Å². The number of rotatable bonds is 5. The Labute approximate surface area is 130 Å². The summed E-state index contributed by atoms with van der Waals surface area (Å²) in [5.74, 6) is -0.141. The van der Waals surface area contributed by atoms with Gasteiger partial charge < -0.3 is 5.32 Å². The molecule has 7 heteroatoms. The number of nitrogens with one attached hydrogen (secondary N) is 1. The fraction of sp³-hybridized carbons (Fsp3) is 0.357. The molecule has 0 bridgehead atoms. The molecule has 0 aliphatic carbocycles. The zero-order valence-corrected chi connectivity index (χ0v) is 13.5. The number of amides is 1. The lowest BCUT2D eigenvalue weighted by molar-refractivity contribution is 0.0934. The molecule has 1 atom stereocenters. The van der Waals surface area contributed by atoms with Gasteiger partial charge >= 0.3 is 0 Å². The number of fused-ring (bicyclic) bond motifs is 1. The van der Waals surface area contributed by atoms with Gasteiger partial charge in [-0.05, 0) is 19.8 Å². The second-order valence-electron chi connectivity index (χ2n) is 4.83. The number of carbonyl (C=O) groups is 1. The highest BCUT2D eigenvalue weighted by molar-refractivity contribution is 7.15. The van der Waals surface area contributed by atoms with Crippen LogP contribution in [0.2, 0.25) is 0 Å². The Morgan fingerprint density at radius 3 is 3.05 bits per heavy atom. The van der Waals surface area contributed by atoms with Crippen LogP contribution in [0.3, 0.4) is 0 Å². The van der Waals surface area contributed by atoms with Gasteiger partial charge in [0.1, 0.15) is 5.69 Å². The predicted octanol–water partition coefficient (Wildman–Crippen LogP) is 3.30. The highest BCUT2D eigenvalue weighted by atomic mass is 32.1. The molecule has 1 N–H and O–H groups in total. The second kappa shape index (κ2) is 5.95. The first-order chi connectivity index (χ1) is 10.2. The largest absolute Gasteiger partial charge is 0.343 e. The Morgan fingerprint density at radius 2 is 2.29 bits per heavy atom. The van der Waals surface area contributed by atoms with Crippen molar-refractivity contribution in [1.82, 2.24) is 19.7 Å². The van der Waals surface area contributed by atoms with Crippen molar-refractivity contribution in [3.8, 4) is 0 Å². The van der Waals surface area contributed by atoms with Gasteiger partial charge in [-0.1, -0.05) is 6.92 Å². The Bertz CT molecular complexity index is 729. The fourth-order valence-corrected chi connectivity index (χ4v) is 3.63. The van der Waals surface area contributed by atoms with Crippen LogP contribution in [0.5, 0.6) is 0 Å². The molecule has 0 aliphatic heterocycles. The van der Waals surface area contributed by atoms with Crippen molar-refractivity contribution in [3.63, 3.8) is 0 Å². The van der Waals surface area contributed by atoms with E-state index in [1.165, 1.54) is 0 Å². The van der Waals surface area contributed by atoms with Crippen LogP contribution in [-0.2, 0) is 6.42 Å². The maximum atomic E-state index is 12.2. The molecule has 0 aromatic carbocycles. The highest BCUT2D eigenvalue weighted by Crippen LogP contribution is 2.18. The number of thiazole rings is 2. The first kappa shape index (κ1) is 14.2. The van der Waals surface area contributed by atoms with Gasteiger partial charge in [-0.25, -0.2) is 9.97 Å². The standard InChI is InChI=1S/C14H16N4OS2/c1-3-4-12-16-11(8-21-12)13(19)15-9(2)10-7-18-5-6-20-14(18)17-10/h5-9H,3-4H2,1-2H3,(H,15,19)/t9-/m1/s1. The van der Waals surface area contributed by atoms with E-state index in [0.29, 0.717) is 5.69 Å². The molecular formula is C14H16N4OS2. The van der Waals surface area contributed by atoms with Crippen molar-refractivity contribution in [2.24, 2.45) is 0 Å². The summed E-state index contributed by atoms with van der Waals surface area (Å²) in [7, 11) is 0. The zero-order chi connectivity index (χ0) is 14.8. The summed E-state index contributed by atoms with van der Waals surface area (Å²) in [6.07, 6.45) is 5.87. The lowest BCUT2D eigenvalue weighted by atomic mass is 10.2. The molecule has 1 amide bonds. The van der Waals surface area contributed by atoms with Crippen molar-refractivity contribution in [2.75, 3.05) is 0 Å². The zero-order valence-electron chi connectivity index (χ0n) is 11.9. The normalized spacial score (nSPS) is 12.7. The van der Waals surface area contributed by atoms with Crippen LogP contribution >= 0.6 is 22.7 Å². The van der Waals surface area contributed by atoms with Crippen LogP contribution in [0.15, 0.2) is 23.2 Å². The molecule has 3 heterocycles. The van der Waals surface area contributed by atoms with E-state index in [4.69, 9.17) is 0 Å². The lowest BCUT2D eigenvalue weighted by Gasteiger charge is -2.09. The number of aromatic nitrogens is 3. The van der Waals surface area contributed by atoms with Gasteiger partial charge in [0.2, 0.25) is 0 Å². The molecule has 21 heavy (non-hydrogen) atoms. The van der Waals surface area contributed by atoms with Gasteiger partial charge in [0.15, 0.2) is 4.96 Å². The fourth-order valence-electron chi connectivity index (χ4n) is 2.04. The van der Waals surface area contributed by atoms with Gasteiger partial charge in [0.05, 0.1) is 16.7 Å². The van der Waals surface area contributed by atoms with Crippen molar-refractivity contribution in [2.45, 2.75) is 32.7 Å². The monoisotopic (exact) mass is 320 g/mol. The third-order valence-electron chi connectivity index (χ3n) is 3.15.